The number of nitro groups is 1. The lowest BCUT2D eigenvalue weighted by atomic mass is 9.95. The van der Waals surface area contributed by atoms with E-state index in [1.54, 1.807) is 4.57 Å². The van der Waals surface area contributed by atoms with Crippen LogP contribution < -0.4 is 11.0 Å². The molecule has 1 fully saturated rings. The number of rotatable bonds is 4. The number of nitrogens with zero attached hydrogens (tertiary/aromatic N) is 4. The van der Waals surface area contributed by atoms with Gasteiger partial charge < -0.3 is 10.3 Å². The number of hydrogen-bond donors (Lipinski definition) is 2. The SMILES string of the molecule is O=c1[nH]c2c(Cl)nc(Nc3cc(F)ccc3[N+](=O)[O-])nc2n1C1CCCCC1. The fourth-order valence-corrected chi connectivity index (χ4v) is 3.80. The van der Waals surface area contributed by atoms with Crippen LogP contribution in [0.2, 0.25) is 5.15 Å². The molecule has 1 aromatic carbocycles. The molecule has 3 aromatic rings. The minimum absolute atomic E-state index is 0.00165. The Morgan fingerprint density at radius 3 is 2.75 bits per heavy atom. The molecule has 0 radical (unpaired) electrons. The molecular weight excluding hydrogens is 391 g/mol. The van der Waals surface area contributed by atoms with Crippen LogP contribution >= 0.6 is 11.6 Å². The molecule has 4 rings (SSSR count). The Morgan fingerprint density at radius 2 is 2.04 bits per heavy atom. The maximum Gasteiger partial charge on any atom is 0.328 e. The number of anilines is 2. The Kier molecular flexibility index (Phi) is 4.71. The molecule has 1 aliphatic rings. The molecule has 9 nitrogen and oxygen atoms in total. The molecule has 146 valence electrons. The third-order valence-corrected chi connectivity index (χ3v) is 5.14. The zero-order valence-electron chi connectivity index (χ0n) is 14.6. The number of imidazole rings is 1. The maximum atomic E-state index is 13.6. The second-order valence-corrected chi connectivity index (χ2v) is 7.03. The third kappa shape index (κ3) is 3.31. The van der Waals surface area contributed by atoms with E-state index >= 15 is 0 Å². The fraction of sp³-hybridized carbons (Fsp3) is 0.353. The zero-order chi connectivity index (χ0) is 19.8. The predicted molar refractivity (Wildman–Crippen MR) is 102 cm³/mol. The number of nitrogens with one attached hydrogen (secondary N) is 2. The number of hydrogen-bond acceptors (Lipinski definition) is 6. The van der Waals surface area contributed by atoms with E-state index in [1.807, 2.05) is 0 Å². The Morgan fingerprint density at radius 1 is 1.29 bits per heavy atom. The molecular formula is C17H16ClFN6O3. The topological polar surface area (TPSA) is 119 Å². The number of aromatic amines is 1. The molecule has 0 amide bonds. The van der Waals surface area contributed by atoms with Crippen LogP contribution in [0.1, 0.15) is 38.1 Å². The molecule has 0 saturated heterocycles. The lowest BCUT2D eigenvalue weighted by Crippen LogP contribution is -2.24. The van der Waals surface area contributed by atoms with Crippen molar-refractivity contribution in [1.82, 2.24) is 19.5 Å². The van der Waals surface area contributed by atoms with E-state index in [0.29, 0.717) is 11.2 Å². The molecule has 28 heavy (non-hydrogen) atoms. The van der Waals surface area contributed by atoms with Crippen molar-refractivity contribution in [2.24, 2.45) is 0 Å². The van der Waals surface area contributed by atoms with Gasteiger partial charge in [0.05, 0.1) is 4.92 Å². The highest BCUT2D eigenvalue weighted by Crippen LogP contribution is 2.32. The predicted octanol–water partition coefficient (Wildman–Crippen LogP) is 4.07. The second-order valence-electron chi connectivity index (χ2n) is 6.67. The molecule has 11 heteroatoms. The first-order valence-electron chi connectivity index (χ1n) is 8.83. The van der Waals surface area contributed by atoms with Gasteiger partial charge >= 0.3 is 5.69 Å². The first-order chi connectivity index (χ1) is 13.4. The second kappa shape index (κ2) is 7.19. The largest absolute Gasteiger partial charge is 0.328 e. The third-order valence-electron chi connectivity index (χ3n) is 4.87. The number of fused-ring (bicyclic) bond motifs is 1. The van der Waals surface area contributed by atoms with Gasteiger partial charge in [-0.05, 0) is 18.9 Å². The molecule has 2 aromatic heterocycles. The van der Waals surface area contributed by atoms with Gasteiger partial charge in [0.1, 0.15) is 17.0 Å². The molecule has 0 bridgehead atoms. The highest BCUT2D eigenvalue weighted by molar-refractivity contribution is 6.33. The van der Waals surface area contributed by atoms with Gasteiger partial charge in [0.2, 0.25) is 5.95 Å². The van der Waals surface area contributed by atoms with Crippen molar-refractivity contribution >= 4 is 40.1 Å². The summed E-state index contributed by atoms with van der Waals surface area (Å²) in [7, 11) is 0. The minimum atomic E-state index is -0.652. The Balaban J connectivity index is 1.80. The van der Waals surface area contributed by atoms with Crippen molar-refractivity contribution in [3.05, 3.63) is 49.8 Å². The molecule has 0 atom stereocenters. The van der Waals surface area contributed by atoms with Crippen molar-refractivity contribution in [2.45, 2.75) is 38.1 Å². The summed E-state index contributed by atoms with van der Waals surface area (Å²) < 4.78 is 15.1. The van der Waals surface area contributed by atoms with Crippen LogP contribution in [0.5, 0.6) is 0 Å². The van der Waals surface area contributed by atoms with Crippen LogP contribution in [0.25, 0.3) is 11.2 Å². The standard InChI is InChI=1S/C17H16ClFN6O3/c18-14-13-15(24(17(26)21-13)10-4-2-1-3-5-10)23-16(22-14)20-11-8-9(19)6-7-12(11)25(27)28/h6-8,10H,1-5H2,(H,21,26)(H,20,22,23). The Bertz CT molecular complexity index is 1120. The number of nitro benzene ring substituents is 1. The average Bonchev–Trinajstić information content (AvgIpc) is 2.99. The van der Waals surface area contributed by atoms with Gasteiger partial charge in [-0.2, -0.15) is 9.97 Å². The van der Waals surface area contributed by atoms with E-state index in [0.717, 1.165) is 50.3 Å². The summed E-state index contributed by atoms with van der Waals surface area (Å²) in [6.45, 7) is 0. The van der Waals surface area contributed by atoms with Gasteiger partial charge in [-0.1, -0.05) is 30.9 Å². The van der Waals surface area contributed by atoms with E-state index in [-0.39, 0.29) is 34.2 Å². The summed E-state index contributed by atoms with van der Waals surface area (Å²) >= 11 is 6.20. The Hall–Kier alpha value is -3.01. The van der Waals surface area contributed by atoms with E-state index < -0.39 is 10.7 Å². The van der Waals surface area contributed by atoms with Gasteiger partial charge in [0, 0.05) is 18.2 Å². The number of benzene rings is 1. The van der Waals surface area contributed by atoms with Crippen molar-refractivity contribution < 1.29 is 9.31 Å². The number of halogens is 2. The minimum Gasteiger partial charge on any atom is -0.318 e. The fourth-order valence-electron chi connectivity index (χ4n) is 3.59. The van der Waals surface area contributed by atoms with Gasteiger partial charge in [0.15, 0.2) is 10.8 Å². The van der Waals surface area contributed by atoms with E-state index in [1.165, 1.54) is 0 Å². The Labute approximate surface area is 162 Å². The van der Waals surface area contributed by atoms with Crippen LogP contribution in [0.3, 0.4) is 0 Å². The lowest BCUT2D eigenvalue weighted by molar-refractivity contribution is -0.384. The van der Waals surface area contributed by atoms with Crippen LogP contribution in [-0.2, 0) is 0 Å². The lowest BCUT2D eigenvalue weighted by Gasteiger charge is -2.22. The van der Waals surface area contributed by atoms with Crippen molar-refractivity contribution in [3.8, 4) is 0 Å². The molecule has 2 heterocycles. The highest BCUT2D eigenvalue weighted by Gasteiger charge is 2.23. The number of H-pyrrole nitrogens is 1. The molecule has 0 unspecified atom stereocenters. The average molecular weight is 407 g/mol. The molecule has 0 spiro atoms. The van der Waals surface area contributed by atoms with Gasteiger partial charge in [-0.25, -0.2) is 9.18 Å². The van der Waals surface area contributed by atoms with Crippen LogP contribution in [0.4, 0.5) is 21.7 Å². The quantitative estimate of drug-likeness (QED) is 0.383. The van der Waals surface area contributed by atoms with Crippen molar-refractivity contribution in [2.75, 3.05) is 5.32 Å². The summed E-state index contributed by atoms with van der Waals surface area (Å²) in [4.78, 5) is 34.1. The molecule has 2 N–H and O–H groups in total. The van der Waals surface area contributed by atoms with Crippen molar-refractivity contribution in [3.63, 3.8) is 0 Å². The summed E-state index contributed by atoms with van der Waals surface area (Å²) in [5.41, 5.74) is -0.149. The van der Waals surface area contributed by atoms with Gasteiger partial charge in [-0.3, -0.25) is 14.7 Å². The smallest absolute Gasteiger partial charge is 0.318 e. The van der Waals surface area contributed by atoms with Crippen LogP contribution in [0.15, 0.2) is 23.0 Å². The monoisotopic (exact) mass is 406 g/mol. The van der Waals surface area contributed by atoms with Crippen LogP contribution in [-0.4, -0.2) is 24.4 Å². The highest BCUT2D eigenvalue weighted by atomic mass is 35.5. The molecule has 1 saturated carbocycles. The van der Waals surface area contributed by atoms with E-state index in [9.17, 15) is 19.3 Å². The van der Waals surface area contributed by atoms with Crippen LogP contribution in [0, 0.1) is 15.9 Å². The van der Waals surface area contributed by atoms with Crippen molar-refractivity contribution in [1.29, 1.82) is 0 Å². The summed E-state index contributed by atoms with van der Waals surface area (Å²) in [6.07, 6.45) is 4.87. The first-order valence-corrected chi connectivity index (χ1v) is 9.20. The number of aromatic nitrogens is 4. The zero-order valence-corrected chi connectivity index (χ0v) is 15.4. The molecule has 0 aliphatic heterocycles. The maximum absolute atomic E-state index is 13.6. The summed E-state index contributed by atoms with van der Waals surface area (Å²) in [6, 6.07) is 3.02. The van der Waals surface area contributed by atoms with E-state index in [4.69, 9.17) is 11.6 Å². The van der Waals surface area contributed by atoms with E-state index in [2.05, 4.69) is 20.3 Å². The summed E-state index contributed by atoms with van der Waals surface area (Å²) in [5, 5.41) is 13.8. The summed E-state index contributed by atoms with van der Waals surface area (Å²) in [5.74, 6) is -0.712. The van der Waals surface area contributed by atoms with Gasteiger partial charge in [-0.15, -0.1) is 0 Å². The normalized spacial score (nSPS) is 15.1. The molecule has 1 aliphatic carbocycles. The first kappa shape index (κ1) is 18.4. The van der Waals surface area contributed by atoms with Gasteiger partial charge in [0.25, 0.3) is 5.69 Å².